The van der Waals surface area contributed by atoms with Gasteiger partial charge in [0.05, 0.1) is 0 Å². The molecule has 0 bridgehead atoms. The molecule has 8 nitrogen and oxygen atoms in total. The number of hydrogen-bond donors (Lipinski definition) is 2. The first-order valence-corrected chi connectivity index (χ1v) is 8.45. The second-order valence-corrected chi connectivity index (χ2v) is 6.23. The largest absolute Gasteiger partial charge is 0.454 e. The smallest absolute Gasteiger partial charge is 0.325 e. The van der Waals surface area contributed by atoms with Crippen molar-refractivity contribution in [1.29, 1.82) is 0 Å². The van der Waals surface area contributed by atoms with E-state index in [0.29, 0.717) is 23.6 Å². The van der Waals surface area contributed by atoms with Gasteiger partial charge in [0.25, 0.3) is 5.91 Å². The maximum Gasteiger partial charge on any atom is 0.325 e. The van der Waals surface area contributed by atoms with Crippen molar-refractivity contribution >= 4 is 23.5 Å². The van der Waals surface area contributed by atoms with Crippen LogP contribution < -0.4 is 20.1 Å². The lowest BCUT2D eigenvalue weighted by Crippen LogP contribution is -2.38. The minimum atomic E-state index is -0.668. The van der Waals surface area contributed by atoms with Crippen LogP contribution in [-0.2, 0) is 16.0 Å². The number of imide groups is 1. The van der Waals surface area contributed by atoms with Gasteiger partial charge in [0.15, 0.2) is 11.5 Å². The lowest BCUT2D eigenvalue weighted by molar-refractivity contribution is -0.130. The van der Waals surface area contributed by atoms with Gasteiger partial charge in [-0.2, -0.15) is 0 Å². The second-order valence-electron chi connectivity index (χ2n) is 6.23. The van der Waals surface area contributed by atoms with E-state index >= 15 is 0 Å². The maximum absolute atomic E-state index is 12.5. The molecule has 2 aromatic carbocycles. The third kappa shape index (κ3) is 3.55. The standard InChI is InChI=1S/C19H17N3O5/c23-17(20-13-6-7-15-16(9-13)27-11-26-15)10-22-18(24)14(21-19(22)25)8-12-4-2-1-3-5-12/h1-7,9,14H,8,10-11H2,(H,20,23)(H,21,25). The van der Waals surface area contributed by atoms with E-state index in [4.69, 9.17) is 9.47 Å². The van der Waals surface area contributed by atoms with Crippen LogP contribution in [0.25, 0.3) is 0 Å². The number of benzene rings is 2. The number of carbonyl (C=O) groups is 3. The summed E-state index contributed by atoms with van der Waals surface area (Å²) in [6.45, 7) is -0.220. The molecule has 2 heterocycles. The number of fused-ring (bicyclic) bond motifs is 1. The van der Waals surface area contributed by atoms with E-state index in [1.165, 1.54) is 0 Å². The van der Waals surface area contributed by atoms with Gasteiger partial charge < -0.3 is 20.1 Å². The van der Waals surface area contributed by atoms with Crippen LogP contribution in [0.15, 0.2) is 48.5 Å². The molecule has 4 amide bonds. The molecule has 8 heteroatoms. The molecule has 1 fully saturated rings. The van der Waals surface area contributed by atoms with Crippen LogP contribution in [0.3, 0.4) is 0 Å². The van der Waals surface area contributed by atoms with Gasteiger partial charge in [0.2, 0.25) is 12.7 Å². The van der Waals surface area contributed by atoms with Crippen LogP contribution >= 0.6 is 0 Å². The number of nitrogens with one attached hydrogen (secondary N) is 2. The van der Waals surface area contributed by atoms with E-state index in [-0.39, 0.29) is 13.3 Å². The Labute approximate surface area is 155 Å². The molecule has 0 aliphatic carbocycles. The van der Waals surface area contributed by atoms with Crippen molar-refractivity contribution < 1.29 is 23.9 Å². The van der Waals surface area contributed by atoms with Gasteiger partial charge in [-0.25, -0.2) is 4.79 Å². The molecule has 0 spiro atoms. The Kier molecular flexibility index (Phi) is 4.37. The van der Waals surface area contributed by atoms with E-state index in [1.807, 2.05) is 30.3 Å². The zero-order valence-electron chi connectivity index (χ0n) is 14.3. The Balaban J connectivity index is 1.37. The molecule has 1 atom stereocenters. The number of urea groups is 1. The van der Waals surface area contributed by atoms with Gasteiger partial charge >= 0.3 is 6.03 Å². The molecule has 2 aliphatic heterocycles. The first-order valence-electron chi connectivity index (χ1n) is 8.45. The second kappa shape index (κ2) is 6.99. The fourth-order valence-electron chi connectivity index (χ4n) is 3.03. The molecule has 2 N–H and O–H groups in total. The lowest BCUT2D eigenvalue weighted by Gasteiger charge is -2.13. The van der Waals surface area contributed by atoms with Crippen molar-refractivity contribution in [2.45, 2.75) is 12.5 Å². The van der Waals surface area contributed by atoms with Gasteiger partial charge in [-0.05, 0) is 17.7 Å². The molecule has 0 radical (unpaired) electrons. The number of ether oxygens (including phenoxy) is 2. The van der Waals surface area contributed by atoms with Gasteiger partial charge in [-0.3, -0.25) is 14.5 Å². The van der Waals surface area contributed by atoms with Crippen molar-refractivity contribution in [3.63, 3.8) is 0 Å². The van der Waals surface area contributed by atoms with Gasteiger partial charge in [0.1, 0.15) is 12.6 Å². The summed E-state index contributed by atoms with van der Waals surface area (Å²) < 4.78 is 10.5. The lowest BCUT2D eigenvalue weighted by atomic mass is 10.1. The topological polar surface area (TPSA) is 97.0 Å². The summed E-state index contributed by atoms with van der Waals surface area (Å²) in [5, 5.41) is 5.28. The van der Waals surface area contributed by atoms with Crippen molar-refractivity contribution in [2.75, 3.05) is 18.7 Å². The zero-order valence-corrected chi connectivity index (χ0v) is 14.3. The van der Waals surface area contributed by atoms with Crippen molar-refractivity contribution in [1.82, 2.24) is 10.2 Å². The Morgan fingerprint density at radius 3 is 2.70 bits per heavy atom. The summed E-state index contributed by atoms with van der Waals surface area (Å²) in [6.07, 6.45) is 0.381. The van der Waals surface area contributed by atoms with Gasteiger partial charge in [-0.15, -0.1) is 0 Å². The molecule has 1 unspecified atom stereocenters. The molecule has 2 aromatic rings. The van der Waals surface area contributed by atoms with Crippen molar-refractivity contribution in [2.24, 2.45) is 0 Å². The minimum absolute atomic E-state index is 0.137. The Hall–Kier alpha value is -3.55. The maximum atomic E-state index is 12.5. The highest BCUT2D eigenvalue weighted by Crippen LogP contribution is 2.34. The summed E-state index contributed by atoms with van der Waals surface area (Å²) >= 11 is 0. The minimum Gasteiger partial charge on any atom is -0.454 e. The van der Waals surface area contributed by atoms with Crippen LogP contribution in [0.2, 0.25) is 0 Å². The molecule has 0 aromatic heterocycles. The van der Waals surface area contributed by atoms with Crippen molar-refractivity contribution in [3.8, 4) is 11.5 Å². The zero-order chi connectivity index (χ0) is 18.8. The van der Waals surface area contributed by atoms with E-state index in [2.05, 4.69) is 10.6 Å². The van der Waals surface area contributed by atoms with Gasteiger partial charge in [-0.1, -0.05) is 30.3 Å². The van der Waals surface area contributed by atoms with Gasteiger partial charge in [0, 0.05) is 18.2 Å². The highest BCUT2D eigenvalue weighted by Gasteiger charge is 2.38. The Morgan fingerprint density at radius 2 is 1.89 bits per heavy atom. The van der Waals surface area contributed by atoms with E-state index in [0.717, 1.165) is 10.5 Å². The number of rotatable bonds is 5. The summed E-state index contributed by atoms with van der Waals surface area (Å²) in [4.78, 5) is 37.8. The number of anilines is 1. The highest BCUT2D eigenvalue weighted by atomic mass is 16.7. The summed E-state index contributed by atoms with van der Waals surface area (Å²) in [7, 11) is 0. The Bertz CT molecular complexity index is 899. The first-order chi connectivity index (χ1) is 13.1. The molecular formula is C19H17N3O5. The summed E-state index contributed by atoms with van der Waals surface area (Å²) in [5.41, 5.74) is 1.43. The molecule has 0 saturated carbocycles. The fourth-order valence-corrected chi connectivity index (χ4v) is 3.03. The molecule has 138 valence electrons. The number of nitrogens with zero attached hydrogens (tertiary/aromatic N) is 1. The van der Waals surface area contributed by atoms with E-state index in [1.54, 1.807) is 18.2 Å². The molecule has 2 aliphatic rings. The van der Waals surface area contributed by atoms with E-state index < -0.39 is 23.9 Å². The molecular weight excluding hydrogens is 350 g/mol. The Morgan fingerprint density at radius 1 is 1.11 bits per heavy atom. The SMILES string of the molecule is O=C(CN1C(=O)NC(Cc2ccccc2)C1=O)Nc1ccc2c(c1)OCO2. The molecule has 27 heavy (non-hydrogen) atoms. The third-order valence-electron chi connectivity index (χ3n) is 4.35. The summed E-state index contributed by atoms with van der Waals surface area (Å²) in [6, 6.07) is 13.1. The average molecular weight is 367 g/mol. The predicted molar refractivity (Wildman–Crippen MR) is 95.4 cm³/mol. The normalized spacial score (nSPS) is 17.8. The number of carbonyl (C=O) groups excluding carboxylic acids is 3. The first kappa shape index (κ1) is 16.9. The predicted octanol–water partition coefficient (Wildman–Crippen LogP) is 1.52. The van der Waals surface area contributed by atoms with Crippen LogP contribution in [0.4, 0.5) is 10.5 Å². The summed E-state index contributed by atoms with van der Waals surface area (Å²) in [5.74, 6) is 0.249. The number of amides is 4. The van der Waals surface area contributed by atoms with Crippen LogP contribution in [-0.4, -0.2) is 42.1 Å². The monoisotopic (exact) mass is 367 g/mol. The van der Waals surface area contributed by atoms with Crippen LogP contribution in [0.1, 0.15) is 5.56 Å². The average Bonchev–Trinajstić information content (AvgIpc) is 3.22. The molecule has 1 saturated heterocycles. The van der Waals surface area contributed by atoms with Crippen LogP contribution in [0.5, 0.6) is 11.5 Å². The quantitative estimate of drug-likeness (QED) is 0.781. The highest BCUT2D eigenvalue weighted by molar-refractivity contribution is 6.08. The third-order valence-corrected chi connectivity index (χ3v) is 4.35. The van der Waals surface area contributed by atoms with Crippen LogP contribution in [0, 0.1) is 0 Å². The fraction of sp³-hybridized carbons (Fsp3) is 0.211. The number of hydrogen-bond acceptors (Lipinski definition) is 5. The van der Waals surface area contributed by atoms with Crippen molar-refractivity contribution in [3.05, 3.63) is 54.1 Å². The van der Waals surface area contributed by atoms with E-state index in [9.17, 15) is 14.4 Å². The molecule has 4 rings (SSSR count).